The van der Waals surface area contributed by atoms with Crippen LogP contribution in [0.5, 0.6) is 0 Å². The van der Waals surface area contributed by atoms with Crippen molar-refractivity contribution in [1.29, 1.82) is 0 Å². The lowest BCUT2D eigenvalue weighted by molar-refractivity contribution is 0.0755. The molecule has 1 aliphatic heterocycles. The number of amides is 1. The number of halogens is 1. The van der Waals surface area contributed by atoms with Gasteiger partial charge in [-0.25, -0.2) is 13.9 Å². The molecule has 25 heavy (non-hydrogen) atoms. The molecule has 1 aromatic carbocycles. The smallest absolute Gasteiger partial charge is 0.274 e. The Morgan fingerprint density at radius 2 is 1.72 bits per heavy atom. The highest BCUT2D eigenvalue weighted by Crippen LogP contribution is 2.21. The molecule has 0 unspecified atom stereocenters. The SMILES string of the molecule is O=C(c1cc2nccc(-c3ccc(F)cc3)n2n1)N1CCCCCC1. The lowest BCUT2D eigenvalue weighted by atomic mass is 10.1. The van der Waals surface area contributed by atoms with Crippen molar-refractivity contribution in [2.24, 2.45) is 0 Å². The van der Waals surface area contributed by atoms with Crippen molar-refractivity contribution < 1.29 is 9.18 Å². The van der Waals surface area contributed by atoms with Gasteiger partial charge in [0.15, 0.2) is 11.3 Å². The zero-order valence-corrected chi connectivity index (χ0v) is 13.9. The first-order chi connectivity index (χ1) is 12.2. The van der Waals surface area contributed by atoms with Crippen molar-refractivity contribution in [3.05, 3.63) is 54.1 Å². The molecule has 128 valence electrons. The van der Waals surface area contributed by atoms with Gasteiger partial charge in [0.05, 0.1) is 5.69 Å². The normalized spacial score (nSPS) is 15.3. The summed E-state index contributed by atoms with van der Waals surface area (Å²) in [5, 5.41) is 4.49. The molecule has 1 fully saturated rings. The summed E-state index contributed by atoms with van der Waals surface area (Å²) < 4.78 is 14.8. The van der Waals surface area contributed by atoms with Gasteiger partial charge in [-0.1, -0.05) is 12.8 Å². The third-order valence-corrected chi connectivity index (χ3v) is 4.61. The number of carbonyl (C=O) groups excluding carboxylic acids is 1. The Morgan fingerprint density at radius 3 is 2.44 bits per heavy atom. The summed E-state index contributed by atoms with van der Waals surface area (Å²) >= 11 is 0. The molecular formula is C19H19FN4O. The molecule has 6 heteroatoms. The summed E-state index contributed by atoms with van der Waals surface area (Å²) in [6.07, 6.45) is 6.10. The minimum absolute atomic E-state index is 0.0440. The van der Waals surface area contributed by atoms with Gasteiger partial charge >= 0.3 is 0 Å². The number of aromatic nitrogens is 3. The molecule has 0 saturated carbocycles. The standard InChI is InChI=1S/C19H19FN4O/c20-15-7-5-14(6-8-15)17-9-10-21-18-13-16(22-24(17)18)19(25)23-11-3-1-2-4-12-23/h5-10,13H,1-4,11-12H2. The molecule has 1 saturated heterocycles. The fourth-order valence-corrected chi connectivity index (χ4v) is 3.27. The Balaban J connectivity index is 1.71. The predicted molar refractivity (Wildman–Crippen MR) is 92.8 cm³/mol. The molecule has 0 radical (unpaired) electrons. The van der Waals surface area contributed by atoms with Crippen molar-refractivity contribution in [2.45, 2.75) is 25.7 Å². The molecule has 3 aromatic rings. The van der Waals surface area contributed by atoms with Crippen molar-refractivity contribution in [3.63, 3.8) is 0 Å². The lowest BCUT2D eigenvalue weighted by Gasteiger charge is -2.18. The number of fused-ring (bicyclic) bond motifs is 1. The van der Waals surface area contributed by atoms with Crippen LogP contribution in [0.25, 0.3) is 16.9 Å². The average Bonchev–Trinajstić information content (AvgIpc) is 2.88. The van der Waals surface area contributed by atoms with Gasteiger partial charge < -0.3 is 4.90 Å². The molecule has 1 amide bonds. The minimum Gasteiger partial charge on any atom is -0.337 e. The summed E-state index contributed by atoms with van der Waals surface area (Å²) in [5.74, 6) is -0.330. The van der Waals surface area contributed by atoms with Gasteiger partial charge in [-0.2, -0.15) is 5.10 Å². The van der Waals surface area contributed by atoms with E-state index in [1.807, 2.05) is 11.0 Å². The number of nitrogens with zero attached hydrogens (tertiary/aromatic N) is 4. The highest BCUT2D eigenvalue weighted by molar-refractivity contribution is 5.93. The highest BCUT2D eigenvalue weighted by Gasteiger charge is 2.21. The number of benzene rings is 1. The lowest BCUT2D eigenvalue weighted by Crippen LogP contribution is -2.32. The zero-order chi connectivity index (χ0) is 17.2. The van der Waals surface area contributed by atoms with E-state index in [1.165, 1.54) is 25.0 Å². The molecule has 0 aliphatic carbocycles. The van der Waals surface area contributed by atoms with E-state index in [9.17, 15) is 9.18 Å². The van der Waals surface area contributed by atoms with Gasteiger partial charge in [-0.05, 0) is 43.2 Å². The van der Waals surface area contributed by atoms with E-state index in [2.05, 4.69) is 10.1 Å². The van der Waals surface area contributed by atoms with Crippen LogP contribution in [0.1, 0.15) is 36.2 Å². The molecule has 0 bridgehead atoms. The predicted octanol–water partition coefficient (Wildman–Crippen LogP) is 3.55. The summed E-state index contributed by atoms with van der Waals surface area (Å²) in [4.78, 5) is 19.0. The van der Waals surface area contributed by atoms with Crippen LogP contribution in [-0.4, -0.2) is 38.5 Å². The molecule has 5 nitrogen and oxygen atoms in total. The topological polar surface area (TPSA) is 50.5 Å². The first-order valence-electron chi connectivity index (χ1n) is 8.62. The van der Waals surface area contributed by atoms with Crippen molar-refractivity contribution in [1.82, 2.24) is 19.5 Å². The fourth-order valence-electron chi connectivity index (χ4n) is 3.27. The van der Waals surface area contributed by atoms with Gasteiger partial charge in [0.1, 0.15) is 5.82 Å². The second-order valence-electron chi connectivity index (χ2n) is 6.34. The van der Waals surface area contributed by atoms with Gasteiger partial charge in [0.2, 0.25) is 0 Å². The molecule has 2 aromatic heterocycles. The maximum absolute atomic E-state index is 13.2. The Bertz CT molecular complexity index is 895. The molecule has 1 aliphatic rings. The zero-order valence-electron chi connectivity index (χ0n) is 13.9. The molecule has 0 spiro atoms. The summed E-state index contributed by atoms with van der Waals surface area (Å²) in [7, 11) is 0. The average molecular weight is 338 g/mol. The number of hydrogen-bond acceptors (Lipinski definition) is 3. The number of hydrogen-bond donors (Lipinski definition) is 0. The van der Waals surface area contributed by atoms with Gasteiger partial charge in [0, 0.05) is 30.9 Å². The molecule has 0 atom stereocenters. The summed E-state index contributed by atoms with van der Waals surface area (Å²) in [6.45, 7) is 1.57. The van der Waals surface area contributed by atoms with E-state index in [-0.39, 0.29) is 11.7 Å². The van der Waals surface area contributed by atoms with Crippen LogP contribution in [0.2, 0.25) is 0 Å². The van der Waals surface area contributed by atoms with Gasteiger partial charge in [0.25, 0.3) is 5.91 Å². The van der Waals surface area contributed by atoms with E-state index in [4.69, 9.17) is 0 Å². The number of likely N-dealkylation sites (tertiary alicyclic amines) is 1. The summed E-state index contributed by atoms with van der Waals surface area (Å²) in [5.41, 5.74) is 2.62. The Hall–Kier alpha value is -2.76. The van der Waals surface area contributed by atoms with Crippen LogP contribution in [-0.2, 0) is 0 Å². The van der Waals surface area contributed by atoms with Crippen molar-refractivity contribution in [3.8, 4) is 11.3 Å². The first kappa shape index (κ1) is 15.7. The third kappa shape index (κ3) is 3.12. The van der Waals surface area contributed by atoms with Crippen molar-refractivity contribution >= 4 is 11.6 Å². The second-order valence-corrected chi connectivity index (χ2v) is 6.34. The van der Waals surface area contributed by atoms with E-state index in [1.54, 1.807) is 28.9 Å². The third-order valence-electron chi connectivity index (χ3n) is 4.61. The van der Waals surface area contributed by atoms with Gasteiger partial charge in [-0.15, -0.1) is 0 Å². The van der Waals surface area contributed by atoms with E-state index in [0.29, 0.717) is 11.3 Å². The molecular weight excluding hydrogens is 319 g/mol. The van der Waals surface area contributed by atoms with Crippen LogP contribution < -0.4 is 0 Å². The van der Waals surface area contributed by atoms with Gasteiger partial charge in [-0.3, -0.25) is 4.79 Å². The molecule has 3 heterocycles. The fraction of sp³-hybridized carbons (Fsp3) is 0.316. The van der Waals surface area contributed by atoms with Crippen LogP contribution in [0.15, 0.2) is 42.6 Å². The minimum atomic E-state index is -0.286. The summed E-state index contributed by atoms with van der Waals surface area (Å²) in [6, 6.07) is 9.75. The second kappa shape index (κ2) is 6.63. The Morgan fingerprint density at radius 1 is 1.00 bits per heavy atom. The first-order valence-corrected chi connectivity index (χ1v) is 8.62. The van der Waals surface area contributed by atoms with Crippen LogP contribution in [0.4, 0.5) is 4.39 Å². The van der Waals surface area contributed by atoms with Crippen LogP contribution in [0, 0.1) is 5.82 Å². The Kier molecular flexibility index (Phi) is 4.17. The van der Waals surface area contributed by atoms with E-state index in [0.717, 1.165) is 37.2 Å². The van der Waals surface area contributed by atoms with Crippen LogP contribution >= 0.6 is 0 Å². The highest BCUT2D eigenvalue weighted by atomic mass is 19.1. The van der Waals surface area contributed by atoms with E-state index < -0.39 is 0 Å². The quantitative estimate of drug-likeness (QED) is 0.718. The maximum atomic E-state index is 13.2. The van der Waals surface area contributed by atoms with Crippen molar-refractivity contribution in [2.75, 3.05) is 13.1 Å². The number of rotatable bonds is 2. The monoisotopic (exact) mass is 338 g/mol. The Labute approximate surface area is 145 Å². The largest absolute Gasteiger partial charge is 0.337 e. The van der Waals surface area contributed by atoms with E-state index >= 15 is 0 Å². The van der Waals surface area contributed by atoms with Crippen LogP contribution in [0.3, 0.4) is 0 Å². The maximum Gasteiger partial charge on any atom is 0.274 e. The molecule has 0 N–H and O–H groups in total. The molecule has 4 rings (SSSR count). The number of carbonyl (C=O) groups is 1.